The Morgan fingerprint density at radius 2 is 1.81 bits per heavy atom. The fourth-order valence-electron chi connectivity index (χ4n) is 3.94. The molecule has 0 saturated carbocycles. The second kappa shape index (κ2) is 10.3. The van der Waals surface area contributed by atoms with Crippen molar-refractivity contribution < 1.29 is 28.2 Å². The van der Waals surface area contributed by atoms with Gasteiger partial charge in [0.1, 0.15) is 5.82 Å². The van der Waals surface area contributed by atoms with Crippen molar-refractivity contribution in [3.05, 3.63) is 59.4 Å². The van der Waals surface area contributed by atoms with Crippen LogP contribution in [0.25, 0.3) is 0 Å². The van der Waals surface area contributed by atoms with Gasteiger partial charge >= 0.3 is 0 Å². The van der Waals surface area contributed by atoms with Gasteiger partial charge in [0, 0.05) is 43.8 Å². The number of hydrogen-bond donors (Lipinski definition) is 1. The third-order valence-corrected chi connectivity index (χ3v) is 5.47. The van der Waals surface area contributed by atoms with Crippen LogP contribution in [0.2, 0.25) is 0 Å². The van der Waals surface area contributed by atoms with Gasteiger partial charge < -0.3 is 24.4 Å². The maximum absolute atomic E-state index is 13.3. The number of methoxy groups -OCH3 is 3. The minimum Gasteiger partial charge on any atom is -0.493 e. The molecule has 1 saturated heterocycles. The third kappa shape index (κ3) is 4.96. The molecule has 1 fully saturated rings. The van der Waals surface area contributed by atoms with Gasteiger partial charge in [0.05, 0.1) is 26.7 Å². The molecule has 0 aliphatic carbocycles. The van der Waals surface area contributed by atoms with Crippen molar-refractivity contribution in [1.82, 2.24) is 10.2 Å². The van der Waals surface area contributed by atoms with Crippen molar-refractivity contribution in [2.24, 2.45) is 5.92 Å². The summed E-state index contributed by atoms with van der Waals surface area (Å²) in [4.78, 5) is 27.6. The summed E-state index contributed by atoms with van der Waals surface area (Å²) in [7, 11) is 4.66. The highest BCUT2D eigenvalue weighted by atomic mass is 19.1. The molecule has 2 aromatic rings. The zero-order valence-electron chi connectivity index (χ0n) is 17.9. The fraction of sp³-hybridized carbons (Fsp3) is 0.391. The molecular weight excluding hydrogens is 403 g/mol. The maximum Gasteiger partial charge on any atom is 0.253 e. The number of ether oxygens (including phenoxy) is 3. The highest BCUT2D eigenvalue weighted by Crippen LogP contribution is 2.42. The number of likely N-dealkylation sites (tertiary alicyclic amines) is 1. The number of amides is 2. The van der Waals surface area contributed by atoms with Crippen LogP contribution in [0.1, 0.15) is 21.8 Å². The molecule has 0 bridgehead atoms. The Kier molecular flexibility index (Phi) is 7.46. The van der Waals surface area contributed by atoms with Crippen molar-refractivity contribution in [3.63, 3.8) is 0 Å². The number of halogens is 1. The molecule has 1 heterocycles. The van der Waals surface area contributed by atoms with Gasteiger partial charge in [-0.2, -0.15) is 0 Å². The summed E-state index contributed by atoms with van der Waals surface area (Å²) in [6.45, 7) is 1.33. The highest BCUT2D eigenvalue weighted by Gasteiger charge is 2.42. The summed E-state index contributed by atoms with van der Waals surface area (Å²) >= 11 is 0. The number of nitrogens with one attached hydrogen (secondary N) is 1. The predicted molar refractivity (Wildman–Crippen MR) is 113 cm³/mol. The summed E-state index contributed by atoms with van der Waals surface area (Å²) in [6.07, 6.45) is 0. The summed E-state index contributed by atoms with van der Waals surface area (Å²) in [6, 6.07) is 10.9. The average molecular weight is 430 g/mol. The number of nitrogens with zero attached hydrogens (tertiary/aromatic N) is 1. The molecule has 8 heteroatoms. The van der Waals surface area contributed by atoms with Crippen molar-refractivity contribution in [2.75, 3.05) is 47.6 Å². The Balaban J connectivity index is 1.91. The van der Waals surface area contributed by atoms with Crippen LogP contribution in [-0.4, -0.2) is 64.3 Å². The predicted octanol–water partition coefficient (Wildman–Crippen LogP) is 2.46. The van der Waals surface area contributed by atoms with Crippen LogP contribution in [0.5, 0.6) is 11.5 Å². The average Bonchev–Trinajstić information content (AvgIpc) is 3.24. The van der Waals surface area contributed by atoms with E-state index < -0.39 is 11.7 Å². The molecular formula is C23H27FN2O5. The minimum atomic E-state index is -0.484. The second-order valence-corrected chi connectivity index (χ2v) is 7.30. The van der Waals surface area contributed by atoms with Gasteiger partial charge in [-0.3, -0.25) is 9.59 Å². The molecule has 2 aromatic carbocycles. The first-order valence-electron chi connectivity index (χ1n) is 10.0. The SMILES string of the molecule is COCCNC(=O)[C@@H]1CN(C(=O)c2ccc(F)cc2)C[C@@H]1c1cccc(OC)c1OC. The lowest BCUT2D eigenvalue weighted by atomic mass is 9.87. The van der Waals surface area contributed by atoms with Gasteiger partial charge in [0.15, 0.2) is 11.5 Å². The number of para-hydroxylation sites is 1. The molecule has 7 nitrogen and oxygen atoms in total. The van der Waals surface area contributed by atoms with Gasteiger partial charge in [-0.15, -0.1) is 0 Å². The molecule has 0 aromatic heterocycles. The van der Waals surface area contributed by atoms with E-state index in [0.29, 0.717) is 36.8 Å². The molecule has 1 N–H and O–H groups in total. The molecule has 2 atom stereocenters. The van der Waals surface area contributed by atoms with Crippen molar-refractivity contribution in [2.45, 2.75) is 5.92 Å². The third-order valence-electron chi connectivity index (χ3n) is 5.47. The van der Waals surface area contributed by atoms with E-state index in [1.165, 1.54) is 24.3 Å². The Hall–Kier alpha value is -3.13. The monoisotopic (exact) mass is 430 g/mol. The van der Waals surface area contributed by atoms with Crippen molar-refractivity contribution in [3.8, 4) is 11.5 Å². The van der Waals surface area contributed by atoms with Gasteiger partial charge in [-0.1, -0.05) is 12.1 Å². The zero-order chi connectivity index (χ0) is 22.4. The van der Waals surface area contributed by atoms with Crippen LogP contribution < -0.4 is 14.8 Å². The molecule has 166 valence electrons. The number of benzene rings is 2. The molecule has 31 heavy (non-hydrogen) atoms. The Labute approximate surface area is 181 Å². The van der Waals surface area contributed by atoms with Crippen LogP contribution in [0.15, 0.2) is 42.5 Å². The van der Waals surface area contributed by atoms with Gasteiger partial charge in [-0.05, 0) is 30.3 Å². The second-order valence-electron chi connectivity index (χ2n) is 7.30. The maximum atomic E-state index is 13.3. The summed E-state index contributed by atoms with van der Waals surface area (Å²) in [5.41, 5.74) is 1.17. The van der Waals surface area contributed by atoms with Gasteiger partial charge in [0.2, 0.25) is 5.91 Å². The first kappa shape index (κ1) is 22.6. The van der Waals surface area contributed by atoms with E-state index in [4.69, 9.17) is 14.2 Å². The Morgan fingerprint density at radius 3 is 2.45 bits per heavy atom. The van der Waals surface area contributed by atoms with E-state index in [1.54, 1.807) is 32.3 Å². The fourth-order valence-corrected chi connectivity index (χ4v) is 3.94. The van der Waals surface area contributed by atoms with Gasteiger partial charge in [-0.25, -0.2) is 4.39 Å². The van der Waals surface area contributed by atoms with E-state index in [-0.39, 0.29) is 24.3 Å². The van der Waals surface area contributed by atoms with E-state index in [9.17, 15) is 14.0 Å². The zero-order valence-corrected chi connectivity index (χ0v) is 17.9. The van der Waals surface area contributed by atoms with E-state index in [0.717, 1.165) is 5.56 Å². The van der Waals surface area contributed by atoms with E-state index in [1.807, 2.05) is 12.1 Å². The molecule has 0 spiro atoms. The Morgan fingerprint density at radius 1 is 1.06 bits per heavy atom. The normalized spacial score (nSPS) is 18.0. The molecule has 3 rings (SSSR count). The molecule has 0 unspecified atom stereocenters. The number of hydrogen-bond acceptors (Lipinski definition) is 5. The Bertz CT molecular complexity index is 919. The van der Waals surface area contributed by atoms with Crippen LogP contribution in [0, 0.1) is 11.7 Å². The van der Waals surface area contributed by atoms with Crippen LogP contribution in [-0.2, 0) is 9.53 Å². The molecule has 1 aliphatic rings. The van der Waals surface area contributed by atoms with Crippen LogP contribution >= 0.6 is 0 Å². The first-order valence-corrected chi connectivity index (χ1v) is 10.0. The van der Waals surface area contributed by atoms with E-state index >= 15 is 0 Å². The number of carbonyl (C=O) groups excluding carboxylic acids is 2. The molecule has 1 aliphatic heterocycles. The highest BCUT2D eigenvalue weighted by molar-refractivity contribution is 5.95. The lowest BCUT2D eigenvalue weighted by Crippen LogP contribution is -2.37. The number of carbonyl (C=O) groups is 2. The summed E-state index contributed by atoms with van der Waals surface area (Å²) in [5, 5.41) is 2.87. The number of rotatable bonds is 8. The lowest BCUT2D eigenvalue weighted by Gasteiger charge is -2.21. The summed E-state index contributed by atoms with van der Waals surface area (Å²) in [5.74, 6) is -0.505. The standard InChI is InChI=1S/C23H27FN2O5/c1-29-12-11-25-22(27)19-14-26(23(28)15-7-9-16(24)10-8-15)13-18(19)17-5-4-6-20(30-2)21(17)31-3/h4-10,18-19H,11-14H2,1-3H3,(H,25,27)/t18-,19-/m1/s1. The summed E-state index contributed by atoms with van der Waals surface area (Å²) < 4.78 is 29.3. The van der Waals surface area contributed by atoms with Crippen molar-refractivity contribution in [1.29, 1.82) is 0 Å². The van der Waals surface area contributed by atoms with Crippen LogP contribution in [0.4, 0.5) is 4.39 Å². The molecule has 0 radical (unpaired) electrons. The van der Waals surface area contributed by atoms with E-state index in [2.05, 4.69) is 5.32 Å². The van der Waals surface area contributed by atoms with Crippen LogP contribution in [0.3, 0.4) is 0 Å². The van der Waals surface area contributed by atoms with Crippen molar-refractivity contribution >= 4 is 11.8 Å². The van der Waals surface area contributed by atoms with Gasteiger partial charge in [0.25, 0.3) is 5.91 Å². The largest absolute Gasteiger partial charge is 0.493 e. The molecule has 2 amide bonds. The topological polar surface area (TPSA) is 77.1 Å². The quantitative estimate of drug-likeness (QED) is 0.651. The minimum absolute atomic E-state index is 0.165. The smallest absolute Gasteiger partial charge is 0.253 e. The lowest BCUT2D eigenvalue weighted by molar-refractivity contribution is -0.125. The first-order chi connectivity index (χ1) is 15.0.